The fourth-order valence-corrected chi connectivity index (χ4v) is 2.22. The van der Waals surface area contributed by atoms with Gasteiger partial charge in [0.2, 0.25) is 11.8 Å². The fourth-order valence-electron chi connectivity index (χ4n) is 2.22. The van der Waals surface area contributed by atoms with Crippen molar-refractivity contribution in [3.63, 3.8) is 0 Å². The quantitative estimate of drug-likeness (QED) is 0.852. The molecule has 2 amide bonds. The Morgan fingerprint density at radius 3 is 2.80 bits per heavy atom. The van der Waals surface area contributed by atoms with Crippen LogP contribution in [0.3, 0.4) is 0 Å². The maximum Gasteiger partial charge on any atom is 0.247 e. The number of nitrogens with one attached hydrogen (secondary N) is 1. The molecular weight excluding hydrogens is 259 g/mol. The maximum atomic E-state index is 12.8. The van der Waals surface area contributed by atoms with Gasteiger partial charge in [-0.1, -0.05) is 19.1 Å². The summed E-state index contributed by atoms with van der Waals surface area (Å²) in [4.78, 5) is 25.4. The van der Waals surface area contributed by atoms with Crippen molar-refractivity contribution in [2.24, 2.45) is 0 Å². The van der Waals surface area contributed by atoms with Crippen LogP contribution in [0.1, 0.15) is 18.9 Å². The van der Waals surface area contributed by atoms with Crippen LogP contribution in [-0.2, 0) is 9.59 Å². The van der Waals surface area contributed by atoms with E-state index in [1.807, 2.05) is 6.92 Å². The van der Waals surface area contributed by atoms with Crippen LogP contribution in [0.4, 0.5) is 4.39 Å². The minimum absolute atomic E-state index is 0.109. The van der Waals surface area contributed by atoms with Gasteiger partial charge in [-0.2, -0.15) is 0 Å². The minimum Gasteiger partial charge on any atom is -0.353 e. The Labute approximate surface area is 117 Å². The minimum atomic E-state index is -0.408. The maximum absolute atomic E-state index is 12.8. The number of benzene rings is 1. The average Bonchev–Trinajstić information content (AvgIpc) is 2.46. The van der Waals surface area contributed by atoms with E-state index in [-0.39, 0.29) is 17.6 Å². The molecule has 0 aliphatic carbocycles. The largest absolute Gasteiger partial charge is 0.353 e. The summed E-state index contributed by atoms with van der Waals surface area (Å²) in [5, 5.41) is 2.75. The lowest BCUT2D eigenvalue weighted by molar-refractivity contribution is -0.140. The van der Waals surface area contributed by atoms with Crippen molar-refractivity contribution < 1.29 is 14.0 Å². The third-order valence-electron chi connectivity index (χ3n) is 3.29. The number of nitrogens with zero attached hydrogens (tertiary/aromatic N) is 1. The van der Waals surface area contributed by atoms with Crippen LogP contribution < -0.4 is 5.32 Å². The number of carbonyl (C=O) groups is 2. The van der Waals surface area contributed by atoms with E-state index < -0.39 is 6.04 Å². The molecule has 1 heterocycles. The lowest BCUT2D eigenvalue weighted by atomic mass is 10.1. The van der Waals surface area contributed by atoms with Gasteiger partial charge in [-0.3, -0.25) is 9.59 Å². The van der Waals surface area contributed by atoms with E-state index in [1.165, 1.54) is 18.2 Å². The number of piperazine rings is 1. The van der Waals surface area contributed by atoms with Crippen LogP contribution in [-0.4, -0.2) is 35.8 Å². The molecule has 0 aromatic heterocycles. The van der Waals surface area contributed by atoms with Gasteiger partial charge >= 0.3 is 0 Å². The second kappa shape index (κ2) is 6.32. The van der Waals surface area contributed by atoms with Gasteiger partial charge in [0.25, 0.3) is 0 Å². The summed E-state index contributed by atoms with van der Waals surface area (Å²) in [5.74, 6) is -0.620. The molecular formula is C15H17FN2O2. The summed E-state index contributed by atoms with van der Waals surface area (Å²) in [5.41, 5.74) is 0.745. The van der Waals surface area contributed by atoms with Gasteiger partial charge in [0, 0.05) is 19.2 Å². The highest BCUT2D eigenvalue weighted by atomic mass is 19.1. The Morgan fingerprint density at radius 1 is 1.45 bits per heavy atom. The number of halogens is 1. The Kier molecular flexibility index (Phi) is 4.50. The predicted octanol–water partition coefficient (Wildman–Crippen LogP) is 1.58. The van der Waals surface area contributed by atoms with Crippen molar-refractivity contribution in [1.29, 1.82) is 0 Å². The van der Waals surface area contributed by atoms with E-state index in [4.69, 9.17) is 0 Å². The van der Waals surface area contributed by atoms with Crippen LogP contribution in [0.2, 0.25) is 0 Å². The molecule has 0 spiro atoms. The highest BCUT2D eigenvalue weighted by molar-refractivity contribution is 5.96. The molecule has 0 radical (unpaired) electrons. The molecule has 1 unspecified atom stereocenters. The van der Waals surface area contributed by atoms with E-state index in [2.05, 4.69) is 5.32 Å². The van der Waals surface area contributed by atoms with Gasteiger partial charge in [-0.05, 0) is 30.2 Å². The zero-order chi connectivity index (χ0) is 14.5. The summed E-state index contributed by atoms with van der Waals surface area (Å²) in [6.07, 6.45) is 3.64. The first-order valence-corrected chi connectivity index (χ1v) is 6.63. The van der Waals surface area contributed by atoms with Crippen LogP contribution in [0.15, 0.2) is 30.3 Å². The van der Waals surface area contributed by atoms with E-state index >= 15 is 0 Å². The highest BCUT2D eigenvalue weighted by Crippen LogP contribution is 2.11. The van der Waals surface area contributed by atoms with Crippen molar-refractivity contribution in [3.8, 4) is 0 Å². The van der Waals surface area contributed by atoms with Crippen molar-refractivity contribution in [2.45, 2.75) is 19.4 Å². The monoisotopic (exact) mass is 276 g/mol. The van der Waals surface area contributed by atoms with E-state index in [0.29, 0.717) is 19.5 Å². The molecule has 1 saturated heterocycles. The van der Waals surface area contributed by atoms with Crippen LogP contribution in [0, 0.1) is 5.82 Å². The topological polar surface area (TPSA) is 49.4 Å². The molecule has 1 fully saturated rings. The van der Waals surface area contributed by atoms with Gasteiger partial charge in [0.05, 0.1) is 0 Å². The third-order valence-corrected chi connectivity index (χ3v) is 3.29. The zero-order valence-corrected chi connectivity index (χ0v) is 11.3. The lowest BCUT2D eigenvalue weighted by Crippen LogP contribution is -2.56. The van der Waals surface area contributed by atoms with Crippen LogP contribution in [0.25, 0.3) is 6.08 Å². The Balaban J connectivity index is 2.06. The fraction of sp³-hybridized carbons (Fsp3) is 0.333. The van der Waals surface area contributed by atoms with Crippen molar-refractivity contribution in [1.82, 2.24) is 10.2 Å². The van der Waals surface area contributed by atoms with Crippen LogP contribution >= 0.6 is 0 Å². The molecule has 1 atom stereocenters. The molecule has 1 aliphatic heterocycles. The third kappa shape index (κ3) is 3.23. The summed E-state index contributed by atoms with van der Waals surface area (Å²) in [6.45, 7) is 2.86. The molecule has 20 heavy (non-hydrogen) atoms. The molecule has 4 nitrogen and oxygen atoms in total. The Morgan fingerprint density at radius 2 is 2.15 bits per heavy atom. The van der Waals surface area contributed by atoms with Gasteiger partial charge < -0.3 is 10.2 Å². The summed E-state index contributed by atoms with van der Waals surface area (Å²) in [7, 11) is 0. The first-order chi connectivity index (χ1) is 9.61. The highest BCUT2D eigenvalue weighted by Gasteiger charge is 2.30. The second-order valence-corrected chi connectivity index (χ2v) is 4.63. The average molecular weight is 276 g/mol. The van der Waals surface area contributed by atoms with Gasteiger partial charge in [0.1, 0.15) is 11.9 Å². The lowest BCUT2D eigenvalue weighted by Gasteiger charge is -2.33. The summed E-state index contributed by atoms with van der Waals surface area (Å²) in [6, 6.07) is 5.47. The molecule has 1 aromatic rings. The number of amides is 2. The molecule has 106 valence electrons. The number of hydrogen-bond acceptors (Lipinski definition) is 2. The summed E-state index contributed by atoms with van der Waals surface area (Å²) >= 11 is 0. The molecule has 0 saturated carbocycles. The van der Waals surface area contributed by atoms with E-state index in [1.54, 1.807) is 23.1 Å². The first kappa shape index (κ1) is 14.2. The molecule has 0 bridgehead atoms. The summed E-state index contributed by atoms with van der Waals surface area (Å²) < 4.78 is 12.8. The molecule has 5 heteroatoms. The Bertz CT molecular complexity index is 525. The van der Waals surface area contributed by atoms with Gasteiger partial charge in [-0.25, -0.2) is 4.39 Å². The van der Waals surface area contributed by atoms with Crippen molar-refractivity contribution in [3.05, 3.63) is 41.7 Å². The van der Waals surface area contributed by atoms with E-state index in [0.717, 1.165) is 5.56 Å². The molecule has 2 rings (SSSR count). The SMILES string of the molecule is CCC1C(=O)NCCN1C(=O)C=Cc1ccc(F)cc1. The van der Waals surface area contributed by atoms with Crippen molar-refractivity contribution >= 4 is 17.9 Å². The van der Waals surface area contributed by atoms with Gasteiger partial charge in [-0.15, -0.1) is 0 Å². The van der Waals surface area contributed by atoms with Crippen LogP contribution in [0.5, 0.6) is 0 Å². The first-order valence-electron chi connectivity index (χ1n) is 6.63. The number of rotatable bonds is 3. The normalized spacial score (nSPS) is 19.2. The smallest absolute Gasteiger partial charge is 0.247 e. The standard InChI is InChI=1S/C15H17FN2O2/c1-2-13-15(20)17-9-10-18(13)14(19)8-5-11-3-6-12(16)7-4-11/h3-8,13H,2,9-10H2,1H3,(H,17,20). The van der Waals surface area contributed by atoms with Gasteiger partial charge in [0.15, 0.2) is 0 Å². The van der Waals surface area contributed by atoms with Crippen molar-refractivity contribution in [2.75, 3.05) is 13.1 Å². The van der Waals surface area contributed by atoms with E-state index in [9.17, 15) is 14.0 Å². The predicted molar refractivity (Wildman–Crippen MR) is 74.2 cm³/mol. The molecule has 1 aliphatic rings. The Hall–Kier alpha value is -2.17. The molecule has 1 N–H and O–H groups in total. The number of carbonyl (C=O) groups excluding carboxylic acids is 2. The molecule has 1 aromatic carbocycles. The second-order valence-electron chi connectivity index (χ2n) is 4.63. The zero-order valence-electron chi connectivity index (χ0n) is 11.3. The number of hydrogen-bond donors (Lipinski definition) is 1.